The third-order valence-corrected chi connectivity index (χ3v) is 4.30. The molecule has 1 fully saturated rings. The monoisotopic (exact) mass is 325 g/mol. The second-order valence-electron chi connectivity index (χ2n) is 5.94. The molecule has 6 nitrogen and oxygen atoms in total. The highest BCUT2D eigenvalue weighted by Gasteiger charge is 2.19. The molecule has 0 saturated carbocycles. The van der Waals surface area contributed by atoms with Gasteiger partial charge in [-0.15, -0.1) is 0 Å². The number of nitrogens with zero attached hydrogens (tertiary/aromatic N) is 3. The van der Waals surface area contributed by atoms with Crippen molar-refractivity contribution in [3.05, 3.63) is 54.4 Å². The van der Waals surface area contributed by atoms with Crippen molar-refractivity contribution in [2.24, 2.45) is 0 Å². The molecule has 0 atom stereocenters. The maximum Gasteiger partial charge on any atom is 0.202 e. The molecule has 1 aliphatic rings. The average Bonchev–Trinajstić information content (AvgIpc) is 3.28. The standard InChI is InChI=1S/C18H19N3O3/c22-16-5-3-15(4-6-16)21-9-7-20(8-10-21)13-14-12-18(24-19-14)17-2-1-11-23-17/h1-6,11-12,22H,7-10,13H2. The summed E-state index contributed by atoms with van der Waals surface area (Å²) in [6, 6.07) is 13.0. The van der Waals surface area contributed by atoms with Crippen molar-refractivity contribution < 1.29 is 14.0 Å². The highest BCUT2D eigenvalue weighted by molar-refractivity contribution is 5.50. The summed E-state index contributed by atoms with van der Waals surface area (Å²) >= 11 is 0. The van der Waals surface area contributed by atoms with Gasteiger partial charge in [0.1, 0.15) is 5.75 Å². The first-order valence-corrected chi connectivity index (χ1v) is 8.04. The number of hydrogen-bond acceptors (Lipinski definition) is 6. The number of aromatic hydroxyl groups is 1. The van der Waals surface area contributed by atoms with Crippen LogP contribution in [0.3, 0.4) is 0 Å². The summed E-state index contributed by atoms with van der Waals surface area (Å²) in [7, 11) is 0. The Bertz CT molecular complexity index is 772. The maximum absolute atomic E-state index is 9.38. The van der Waals surface area contributed by atoms with E-state index < -0.39 is 0 Å². The summed E-state index contributed by atoms with van der Waals surface area (Å²) in [5, 5.41) is 13.5. The molecule has 3 aromatic rings. The van der Waals surface area contributed by atoms with Crippen LogP contribution in [0, 0.1) is 0 Å². The van der Waals surface area contributed by atoms with E-state index in [1.165, 1.54) is 0 Å². The lowest BCUT2D eigenvalue weighted by atomic mass is 10.2. The van der Waals surface area contributed by atoms with E-state index in [1.807, 2.05) is 30.3 Å². The number of anilines is 1. The minimum atomic E-state index is 0.302. The molecule has 1 saturated heterocycles. The largest absolute Gasteiger partial charge is 0.508 e. The van der Waals surface area contributed by atoms with Crippen molar-refractivity contribution in [1.29, 1.82) is 0 Å². The molecule has 0 aliphatic carbocycles. The second-order valence-corrected chi connectivity index (χ2v) is 5.94. The molecule has 0 spiro atoms. The number of hydrogen-bond donors (Lipinski definition) is 1. The summed E-state index contributed by atoms with van der Waals surface area (Å²) in [4.78, 5) is 4.69. The van der Waals surface area contributed by atoms with Gasteiger partial charge in [0.2, 0.25) is 5.76 Å². The molecule has 1 N–H and O–H groups in total. The van der Waals surface area contributed by atoms with Crippen molar-refractivity contribution >= 4 is 5.69 Å². The molecular weight excluding hydrogens is 306 g/mol. The molecule has 1 aromatic carbocycles. The highest BCUT2D eigenvalue weighted by Crippen LogP contribution is 2.23. The molecule has 0 radical (unpaired) electrons. The highest BCUT2D eigenvalue weighted by atomic mass is 16.5. The lowest BCUT2D eigenvalue weighted by Gasteiger charge is -2.35. The predicted molar refractivity (Wildman–Crippen MR) is 89.8 cm³/mol. The third-order valence-electron chi connectivity index (χ3n) is 4.30. The van der Waals surface area contributed by atoms with Crippen molar-refractivity contribution in [2.75, 3.05) is 31.1 Å². The first kappa shape index (κ1) is 14.8. The summed E-state index contributed by atoms with van der Waals surface area (Å²) in [5.41, 5.74) is 2.06. The van der Waals surface area contributed by atoms with Crippen molar-refractivity contribution in [3.8, 4) is 17.3 Å². The molecular formula is C18H19N3O3. The van der Waals surface area contributed by atoms with E-state index in [-0.39, 0.29) is 0 Å². The lowest BCUT2D eigenvalue weighted by molar-refractivity contribution is 0.242. The van der Waals surface area contributed by atoms with Crippen LogP contribution in [-0.2, 0) is 6.54 Å². The van der Waals surface area contributed by atoms with Crippen LogP contribution in [0.15, 0.2) is 57.7 Å². The number of phenolic OH excluding ortho intramolecular Hbond substituents is 1. The lowest BCUT2D eigenvalue weighted by Crippen LogP contribution is -2.46. The van der Waals surface area contributed by atoms with E-state index in [9.17, 15) is 5.11 Å². The zero-order chi connectivity index (χ0) is 16.4. The van der Waals surface area contributed by atoms with Crippen LogP contribution in [-0.4, -0.2) is 41.3 Å². The SMILES string of the molecule is Oc1ccc(N2CCN(Cc3cc(-c4ccco4)on3)CC2)cc1. The minimum absolute atomic E-state index is 0.302. The van der Waals surface area contributed by atoms with Gasteiger partial charge in [-0.2, -0.15) is 0 Å². The molecule has 0 amide bonds. The first-order valence-electron chi connectivity index (χ1n) is 8.04. The van der Waals surface area contributed by atoms with Crippen LogP contribution < -0.4 is 4.90 Å². The van der Waals surface area contributed by atoms with E-state index in [2.05, 4.69) is 15.0 Å². The zero-order valence-electron chi connectivity index (χ0n) is 13.3. The fourth-order valence-corrected chi connectivity index (χ4v) is 2.98. The maximum atomic E-state index is 9.38. The number of piperazine rings is 1. The summed E-state index contributed by atoms with van der Waals surface area (Å²) < 4.78 is 10.7. The molecule has 4 rings (SSSR count). The van der Waals surface area contributed by atoms with Gasteiger partial charge in [0.05, 0.1) is 12.0 Å². The van der Waals surface area contributed by atoms with Gasteiger partial charge < -0.3 is 18.9 Å². The summed E-state index contributed by atoms with van der Waals surface area (Å²) in [6.45, 7) is 4.60. The van der Waals surface area contributed by atoms with Crippen molar-refractivity contribution in [1.82, 2.24) is 10.1 Å². The molecule has 0 bridgehead atoms. The molecule has 1 aliphatic heterocycles. The van der Waals surface area contributed by atoms with Gasteiger partial charge in [0.15, 0.2) is 5.76 Å². The smallest absolute Gasteiger partial charge is 0.202 e. The Labute approximate surface area is 139 Å². The normalized spacial score (nSPS) is 15.8. The fourth-order valence-electron chi connectivity index (χ4n) is 2.98. The molecule has 2 aromatic heterocycles. The van der Waals surface area contributed by atoms with Crippen LogP contribution in [0.2, 0.25) is 0 Å². The van der Waals surface area contributed by atoms with Gasteiger partial charge in [-0.3, -0.25) is 4.90 Å². The number of rotatable bonds is 4. The fraction of sp³-hybridized carbons (Fsp3) is 0.278. The van der Waals surface area contributed by atoms with Gasteiger partial charge in [-0.05, 0) is 36.4 Å². The van der Waals surface area contributed by atoms with Gasteiger partial charge >= 0.3 is 0 Å². The number of phenols is 1. The van der Waals surface area contributed by atoms with E-state index in [1.54, 1.807) is 18.4 Å². The Kier molecular flexibility index (Phi) is 3.96. The van der Waals surface area contributed by atoms with Crippen LogP contribution in [0.5, 0.6) is 5.75 Å². The number of benzene rings is 1. The molecule has 0 unspecified atom stereocenters. The van der Waals surface area contributed by atoms with Gasteiger partial charge in [0, 0.05) is 44.5 Å². The second kappa shape index (κ2) is 6.41. The van der Waals surface area contributed by atoms with Gasteiger partial charge in [-0.1, -0.05) is 5.16 Å². The third kappa shape index (κ3) is 3.14. The minimum Gasteiger partial charge on any atom is -0.508 e. The van der Waals surface area contributed by atoms with Crippen molar-refractivity contribution in [3.63, 3.8) is 0 Å². The molecule has 24 heavy (non-hydrogen) atoms. The Morgan fingerprint density at radius 3 is 2.50 bits per heavy atom. The van der Waals surface area contributed by atoms with Gasteiger partial charge in [0.25, 0.3) is 0 Å². The summed E-state index contributed by atoms with van der Waals surface area (Å²) in [5.74, 6) is 1.67. The predicted octanol–water partition coefficient (Wildman–Crippen LogP) is 2.96. The van der Waals surface area contributed by atoms with Crippen LogP contribution in [0.4, 0.5) is 5.69 Å². The average molecular weight is 325 g/mol. The Morgan fingerprint density at radius 2 is 1.79 bits per heavy atom. The van der Waals surface area contributed by atoms with E-state index >= 15 is 0 Å². The first-order chi connectivity index (χ1) is 11.8. The van der Waals surface area contributed by atoms with Crippen LogP contribution >= 0.6 is 0 Å². The van der Waals surface area contributed by atoms with Crippen LogP contribution in [0.1, 0.15) is 5.69 Å². The van der Waals surface area contributed by atoms with Crippen LogP contribution in [0.25, 0.3) is 11.5 Å². The zero-order valence-corrected chi connectivity index (χ0v) is 13.3. The Morgan fingerprint density at radius 1 is 1.00 bits per heavy atom. The Hall–Kier alpha value is -2.73. The molecule has 3 heterocycles. The number of furan rings is 1. The topological polar surface area (TPSA) is 65.9 Å². The summed E-state index contributed by atoms with van der Waals surface area (Å²) in [6.07, 6.45) is 1.63. The molecule has 6 heteroatoms. The van der Waals surface area contributed by atoms with E-state index in [0.29, 0.717) is 17.3 Å². The molecule has 124 valence electrons. The Balaban J connectivity index is 1.34. The van der Waals surface area contributed by atoms with Gasteiger partial charge in [-0.25, -0.2) is 0 Å². The van der Waals surface area contributed by atoms with Crippen molar-refractivity contribution in [2.45, 2.75) is 6.54 Å². The van der Waals surface area contributed by atoms with E-state index in [0.717, 1.165) is 44.1 Å². The quantitative estimate of drug-likeness (QED) is 0.795. The van der Waals surface area contributed by atoms with E-state index in [4.69, 9.17) is 8.94 Å². The number of aromatic nitrogens is 1.